The molecule has 0 radical (unpaired) electrons. The monoisotopic (exact) mass is 413 g/mol. The molecule has 6 heteroatoms. The van der Waals surface area contributed by atoms with Gasteiger partial charge in [-0.25, -0.2) is 4.98 Å². The summed E-state index contributed by atoms with van der Waals surface area (Å²) < 4.78 is 1.83. The first-order valence-electron chi connectivity index (χ1n) is 10.7. The number of nitrogens with one attached hydrogen (secondary N) is 1. The maximum atomic E-state index is 10.6. The topological polar surface area (TPSA) is 66.2 Å². The lowest BCUT2D eigenvalue weighted by Gasteiger charge is -2.30. The number of aromatic nitrogens is 3. The molecule has 2 aromatic carbocycles. The maximum Gasteiger partial charge on any atom is 0.126 e. The highest BCUT2D eigenvalue weighted by Gasteiger charge is 2.18. The summed E-state index contributed by atoms with van der Waals surface area (Å²) >= 11 is 0. The van der Waals surface area contributed by atoms with E-state index in [0.717, 1.165) is 47.4 Å². The molecule has 0 amide bonds. The largest absolute Gasteiger partial charge is 0.390 e. The van der Waals surface area contributed by atoms with Gasteiger partial charge in [-0.3, -0.25) is 9.58 Å². The number of benzene rings is 2. The van der Waals surface area contributed by atoms with Crippen molar-refractivity contribution in [2.45, 2.75) is 19.1 Å². The van der Waals surface area contributed by atoms with Crippen molar-refractivity contribution in [3.05, 3.63) is 78.1 Å². The molecule has 0 fully saturated rings. The van der Waals surface area contributed by atoms with Gasteiger partial charge >= 0.3 is 0 Å². The van der Waals surface area contributed by atoms with Crippen molar-refractivity contribution >= 4 is 16.7 Å². The Hall–Kier alpha value is -3.22. The van der Waals surface area contributed by atoms with Crippen LogP contribution in [-0.4, -0.2) is 50.5 Å². The first-order chi connectivity index (χ1) is 15.1. The van der Waals surface area contributed by atoms with Crippen LogP contribution in [0.3, 0.4) is 0 Å². The second-order valence-corrected chi connectivity index (χ2v) is 8.29. The number of nitrogens with zero attached hydrogens (tertiary/aromatic N) is 4. The number of pyridine rings is 1. The Labute approximate surface area is 182 Å². The Morgan fingerprint density at radius 1 is 1.06 bits per heavy atom. The summed E-state index contributed by atoms with van der Waals surface area (Å²) in [4.78, 5) is 6.74. The van der Waals surface area contributed by atoms with Crippen LogP contribution >= 0.6 is 0 Å². The number of rotatable bonds is 6. The second-order valence-electron chi connectivity index (χ2n) is 8.29. The van der Waals surface area contributed by atoms with E-state index in [-0.39, 0.29) is 0 Å². The van der Waals surface area contributed by atoms with Gasteiger partial charge in [-0.2, -0.15) is 5.10 Å². The van der Waals surface area contributed by atoms with E-state index in [2.05, 4.69) is 62.8 Å². The zero-order valence-corrected chi connectivity index (χ0v) is 17.7. The zero-order valence-electron chi connectivity index (χ0n) is 17.7. The Morgan fingerprint density at radius 3 is 2.81 bits per heavy atom. The van der Waals surface area contributed by atoms with Gasteiger partial charge in [0, 0.05) is 51.0 Å². The lowest BCUT2D eigenvalue weighted by molar-refractivity contribution is 0.114. The average molecular weight is 414 g/mol. The van der Waals surface area contributed by atoms with Gasteiger partial charge in [0.15, 0.2) is 0 Å². The van der Waals surface area contributed by atoms with Crippen LogP contribution in [-0.2, 0) is 20.0 Å². The second kappa shape index (κ2) is 8.49. The predicted octanol–water partition coefficient (Wildman–Crippen LogP) is 3.47. The van der Waals surface area contributed by atoms with Crippen LogP contribution in [0.15, 0.2) is 67.0 Å². The third-order valence-electron chi connectivity index (χ3n) is 5.91. The fraction of sp³-hybridized carbons (Fsp3) is 0.280. The smallest absolute Gasteiger partial charge is 0.126 e. The van der Waals surface area contributed by atoms with Crippen molar-refractivity contribution in [2.75, 3.05) is 25.0 Å². The zero-order chi connectivity index (χ0) is 21.2. The Kier molecular flexibility index (Phi) is 5.40. The van der Waals surface area contributed by atoms with E-state index in [4.69, 9.17) is 0 Å². The van der Waals surface area contributed by atoms with E-state index >= 15 is 0 Å². The Morgan fingerprint density at radius 2 is 1.90 bits per heavy atom. The van der Waals surface area contributed by atoms with Gasteiger partial charge in [0.05, 0.1) is 11.6 Å². The van der Waals surface area contributed by atoms with Crippen LogP contribution in [0.1, 0.15) is 11.1 Å². The molecule has 0 saturated carbocycles. The summed E-state index contributed by atoms with van der Waals surface area (Å²) in [6.45, 7) is 3.00. The van der Waals surface area contributed by atoms with Gasteiger partial charge in [0.2, 0.25) is 0 Å². The van der Waals surface area contributed by atoms with Crippen molar-refractivity contribution in [1.82, 2.24) is 19.7 Å². The van der Waals surface area contributed by atoms with Gasteiger partial charge in [-0.1, -0.05) is 36.4 Å². The molecule has 4 aromatic rings. The Bertz CT molecular complexity index is 1200. The lowest BCUT2D eigenvalue weighted by Crippen LogP contribution is -2.39. The number of hydrogen-bond donors (Lipinski definition) is 2. The van der Waals surface area contributed by atoms with Gasteiger partial charge in [0.25, 0.3) is 0 Å². The number of anilines is 1. The number of fused-ring (bicyclic) bond motifs is 2. The fourth-order valence-corrected chi connectivity index (χ4v) is 4.32. The molecule has 31 heavy (non-hydrogen) atoms. The molecule has 5 rings (SSSR count). The van der Waals surface area contributed by atoms with Crippen LogP contribution < -0.4 is 5.32 Å². The minimum Gasteiger partial charge on any atom is -0.390 e. The first kappa shape index (κ1) is 19.7. The molecule has 1 unspecified atom stereocenters. The molecule has 0 spiro atoms. The summed E-state index contributed by atoms with van der Waals surface area (Å²) in [6.07, 6.45) is 4.40. The minimum atomic E-state index is -0.458. The highest BCUT2D eigenvalue weighted by Crippen LogP contribution is 2.25. The first-order valence-corrected chi connectivity index (χ1v) is 10.7. The van der Waals surface area contributed by atoms with Gasteiger partial charge in [-0.05, 0) is 46.9 Å². The normalized spacial score (nSPS) is 15.0. The van der Waals surface area contributed by atoms with E-state index < -0.39 is 6.10 Å². The molecular formula is C25H27N5O. The molecule has 6 nitrogen and oxygen atoms in total. The third kappa shape index (κ3) is 4.45. The van der Waals surface area contributed by atoms with Crippen LogP contribution in [0.2, 0.25) is 0 Å². The van der Waals surface area contributed by atoms with Crippen LogP contribution in [0.25, 0.3) is 22.0 Å². The average Bonchev–Trinajstić information content (AvgIpc) is 3.17. The van der Waals surface area contributed by atoms with E-state index in [1.165, 1.54) is 11.1 Å². The molecular weight excluding hydrogens is 386 g/mol. The molecule has 158 valence electrons. The predicted molar refractivity (Wildman–Crippen MR) is 124 cm³/mol. The molecule has 0 saturated heterocycles. The van der Waals surface area contributed by atoms with Crippen molar-refractivity contribution in [3.8, 4) is 11.1 Å². The summed E-state index contributed by atoms with van der Waals surface area (Å²) in [5.74, 6) is 0.765. The summed E-state index contributed by atoms with van der Waals surface area (Å²) in [5.41, 5.74) is 5.95. The maximum absolute atomic E-state index is 10.6. The van der Waals surface area contributed by atoms with Crippen LogP contribution in [0.5, 0.6) is 0 Å². The molecule has 1 atom stereocenters. The Balaban J connectivity index is 1.20. The van der Waals surface area contributed by atoms with Crippen molar-refractivity contribution in [3.63, 3.8) is 0 Å². The highest BCUT2D eigenvalue weighted by molar-refractivity contribution is 5.84. The van der Waals surface area contributed by atoms with Crippen molar-refractivity contribution in [2.24, 2.45) is 7.05 Å². The van der Waals surface area contributed by atoms with E-state index in [1.807, 2.05) is 30.1 Å². The highest BCUT2D eigenvalue weighted by atomic mass is 16.3. The number of aryl methyl sites for hydroxylation is 1. The summed E-state index contributed by atoms with van der Waals surface area (Å²) in [5, 5.41) is 19.5. The van der Waals surface area contributed by atoms with E-state index in [9.17, 15) is 5.11 Å². The molecule has 1 aliphatic rings. The number of β-amino-alcohol motifs (C(OH)–C–C–N with tert-alkyl or cyclic N) is 1. The summed E-state index contributed by atoms with van der Waals surface area (Å²) in [6, 6.07) is 18.9. The summed E-state index contributed by atoms with van der Waals surface area (Å²) in [7, 11) is 1.93. The SMILES string of the molecule is Cn1cc2ccc(-c3ccnc(NCC(O)CN4CCc5ccccc5C4)c3)cc2n1. The van der Waals surface area contributed by atoms with Gasteiger partial charge in [-0.15, -0.1) is 0 Å². The molecule has 0 aliphatic carbocycles. The minimum absolute atomic E-state index is 0.458. The number of hydrogen-bond acceptors (Lipinski definition) is 5. The molecule has 3 heterocycles. The van der Waals surface area contributed by atoms with Gasteiger partial charge in [0.1, 0.15) is 5.82 Å². The number of aliphatic hydroxyl groups excluding tert-OH is 1. The van der Waals surface area contributed by atoms with Gasteiger partial charge < -0.3 is 10.4 Å². The fourth-order valence-electron chi connectivity index (χ4n) is 4.32. The van der Waals surface area contributed by atoms with E-state index in [0.29, 0.717) is 13.1 Å². The molecule has 1 aliphatic heterocycles. The van der Waals surface area contributed by atoms with E-state index in [1.54, 1.807) is 6.20 Å². The molecule has 0 bridgehead atoms. The molecule has 2 N–H and O–H groups in total. The molecule has 2 aromatic heterocycles. The third-order valence-corrected chi connectivity index (χ3v) is 5.91. The quantitative estimate of drug-likeness (QED) is 0.507. The standard InChI is InChI=1S/C25H27N5O/c1-29-15-22-7-6-19(12-24(22)28-29)20-8-10-26-25(13-20)27-14-23(31)17-30-11-9-18-4-2-3-5-21(18)16-30/h2-8,10,12-13,15,23,31H,9,11,14,16-17H2,1H3,(H,26,27). The number of aliphatic hydroxyl groups is 1. The van der Waals surface area contributed by atoms with Crippen LogP contribution in [0, 0.1) is 0 Å². The lowest BCUT2D eigenvalue weighted by atomic mass is 10.00. The van der Waals surface area contributed by atoms with Crippen molar-refractivity contribution in [1.29, 1.82) is 0 Å². The van der Waals surface area contributed by atoms with Crippen LogP contribution in [0.4, 0.5) is 5.82 Å². The van der Waals surface area contributed by atoms with Crippen molar-refractivity contribution < 1.29 is 5.11 Å².